The van der Waals surface area contributed by atoms with Gasteiger partial charge in [0.15, 0.2) is 0 Å². The zero-order chi connectivity index (χ0) is 20.9. The summed E-state index contributed by atoms with van der Waals surface area (Å²) < 4.78 is 0. The minimum atomic E-state index is -0.445. The maximum atomic E-state index is 12.3. The molecule has 2 N–H and O–H groups in total. The second-order valence-corrected chi connectivity index (χ2v) is 10.2. The number of thioether (sulfide) groups is 1. The van der Waals surface area contributed by atoms with Crippen molar-refractivity contribution in [2.75, 3.05) is 11.1 Å². The zero-order valence-electron chi connectivity index (χ0n) is 16.9. The molecule has 0 radical (unpaired) electrons. The van der Waals surface area contributed by atoms with Gasteiger partial charge in [-0.05, 0) is 69.3 Å². The van der Waals surface area contributed by atoms with Gasteiger partial charge in [0.05, 0.1) is 10.7 Å². The van der Waals surface area contributed by atoms with E-state index in [-0.39, 0.29) is 22.8 Å². The highest BCUT2D eigenvalue weighted by atomic mass is 32.2. The van der Waals surface area contributed by atoms with E-state index >= 15 is 0 Å². The first-order valence-electron chi connectivity index (χ1n) is 10.5. The largest absolute Gasteiger partial charge is 0.325 e. The van der Waals surface area contributed by atoms with Crippen LogP contribution in [-0.2, 0) is 10.2 Å². The third-order valence-electron chi connectivity index (χ3n) is 7.03. The smallest absolute Gasteiger partial charge is 0.274 e. The number of nitrogens with zero attached hydrogens (tertiary/aromatic N) is 3. The minimum absolute atomic E-state index is 0.00497. The molecular formula is C21H25N5O3S. The number of rotatable bonds is 6. The highest BCUT2D eigenvalue weighted by molar-refractivity contribution is 7.99. The summed E-state index contributed by atoms with van der Waals surface area (Å²) >= 11 is 1.29. The normalized spacial score (nSPS) is 29.2. The first-order valence-corrected chi connectivity index (χ1v) is 11.5. The maximum Gasteiger partial charge on any atom is 0.274 e. The van der Waals surface area contributed by atoms with Crippen LogP contribution in [-0.4, -0.2) is 31.8 Å². The summed E-state index contributed by atoms with van der Waals surface area (Å²) in [6.45, 7) is 1.67. The van der Waals surface area contributed by atoms with Crippen LogP contribution in [0.5, 0.6) is 0 Å². The zero-order valence-corrected chi connectivity index (χ0v) is 17.7. The Morgan fingerprint density at radius 2 is 1.93 bits per heavy atom. The number of hydrogen-bond acceptors (Lipinski definition) is 6. The quantitative estimate of drug-likeness (QED) is 0.405. The van der Waals surface area contributed by atoms with Crippen molar-refractivity contribution in [1.82, 2.24) is 15.2 Å². The first kappa shape index (κ1) is 19.5. The number of carbonyl (C=O) groups is 1. The van der Waals surface area contributed by atoms with Crippen LogP contribution in [0.2, 0.25) is 0 Å². The van der Waals surface area contributed by atoms with Gasteiger partial charge in [0.2, 0.25) is 11.1 Å². The van der Waals surface area contributed by atoms with Gasteiger partial charge in [-0.2, -0.15) is 0 Å². The molecule has 9 heteroatoms. The van der Waals surface area contributed by atoms with E-state index in [1.54, 1.807) is 19.1 Å². The minimum Gasteiger partial charge on any atom is -0.325 e. The Labute approximate surface area is 178 Å². The fraction of sp³-hybridized carbons (Fsp3) is 0.571. The second-order valence-electron chi connectivity index (χ2n) is 9.26. The van der Waals surface area contributed by atoms with Gasteiger partial charge in [0.1, 0.15) is 5.82 Å². The number of amides is 1. The van der Waals surface area contributed by atoms with Crippen molar-refractivity contribution in [2.24, 2.45) is 17.8 Å². The third kappa shape index (κ3) is 3.59. The SMILES string of the molecule is Cc1ccc(NC(=O)CSc2n[nH]c(C34CC5CC(CC(C5)C3)C4)n2)cc1[N+](=O)[O-]. The highest BCUT2D eigenvalue weighted by Gasteiger charge is 2.53. The van der Waals surface area contributed by atoms with Crippen LogP contribution in [0.3, 0.4) is 0 Å². The molecule has 30 heavy (non-hydrogen) atoms. The van der Waals surface area contributed by atoms with Crippen LogP contribution in [0.4, 0.5) is 11.4 Å². The Kier molecular flexibility index (Phi) is 4.80. The highest BCUT2D eigenvalue weighted by Crippen LogP contribution is 2.60. The van der Waals surface area contributed by atoms with Gasteiger partial charge < -0.3 is 5.32 Å². The van der Waals surface area contributed by atoms with E-state index in [0.29, 0.717) is 16.4 Å². The predicted octanol–water partition coefficient (Wildman–Crippen LogP) is 4.22. The van der Waals surface area contributed by atoms with Crippen molar-refractivity contribution < 1.29 is 9.72 Å². The number of hydrogen-bond donors (Lipinski definition) is 2. The van der Waals surface area contributed by atoms with Gasteiger partial charge in [-0.3, -0.25) is 20.0 Å². The van der Waals surface area contributed by atoms with Gasteiger partial charge in [-0.15, -0.1) is 5.10 Å². The van der Waals surface area contributed by atoms with Crippen molar-refractivity contribution in [2.45, 2.75) is 56.0 Å². The molecular weight excluding hydrogens is 402 g/mol. The summed E-state index contributed by atoms with van der Waals surface area (Å²) in [7, 11) is 0. The molecule has 2 aromatic rings. The summed E-state index contributed by atoms with van der Waals surface area (Å²) in [6, 6.07) is 4.69. The average Bonchev–Trinajstić information content (AvgIpc) is 3.17. The van der Waals surface area contributed by atoms with Crippen molar-refractivity contribution in [3.63, 3.8) is 0 Å². The van der Waals surface area contributed by atoms with Gasteiger partial charge >= 0.3 is 0 Å². The molecule has 1 aromatic carbocycles. The number of carbonyl (C=O) groups excluding carboxylic acids is 1. The van der Waals surface area contributed by atoms with Crippen molar-refractivity contribution in [3.8, 4) is 0 Å². The van der Waals surface area contributed by atoms with E-state index in [0.717, 1.165) is 23.6 Å². The summed E-state index contributed by atoms with van der Waals surface area (Å²) in [6.07, 6.45) is 7.78. The molecule has 0 atom stereocenters. The van der Waals surface area contributed by atoms with Crippen LogP contribution >= 0.6 is 11.8 Å². The van der Waals surface area contributed by atoms with Crippen molar-refractivity contribution in [1.29, 1.82) is 0 Å². The van der Waals surface area contributed by atoms with Crippen molar-refractivity contribution >= 4 is 29.0 Å². The lowest BCUT2D eigenvalue weighted by Crippen LogP contribution is -2.49. The monoisotopic (exact) mass is 427 g/mol. The first-order chi connectivity index (χ1) is 14.4. The molecule has 1 heterocycles. The Hall–Kier alpha value is -2.42. The number of nitro benzene ring substituents is 1. The summed E-state index contributed by atoms with van der Waals surface area (Å²) in [5.74, 6) is 3.42. The Bertz CT molecular complexity index is 969. The topological polar surface area (TPSA) is 114 Å². The average molecular weight is 428 g/mol. The van der Waals surface area contributed by atoms with Gasteiger partial charge in [0, 0.05) is 22.7 Å². The molecule has 0 unspecified atom stereocenters. The molecule has 0 spiro atoms. The Balaban J connectivity index is 1.21. The number of benzene rings is 1. The molecule has 4 saturated carbocycles. The van der Waals surface area contributed by atoms with Crippen LogP contribution < -0.4 is 5.32 Å². The summed E-state index contributed by atoms with van der Waals surface area (Å²) in [5, 5.41) is 21.9. The lowest BCUT2D eigenvalue weighted by molar-refractivity contribution is -0.385. The summed E-state index contributed by atoms with van der Waals surface area (Å²) in [4.78, 5) is 27.7. The number of aryl methyl sites for hydroxylation is 1. The lowest BCUT2D eigenvalue weighted by Gasteiger charge is -2.55. The number of nitro groups is 1. The number of H-pyrrole nitrogens is 1. The molecule has 4 aliphatic carbocycles. The molecule has 6 rings (SSSR count). The standard InChI is InChI=1S/C21H25N5O3S/c1-12-2-3-16(7-17(12)26(28)29)22-18(27)11-30-20-23-19(24-25-20)21-8-13-4-14(9-21)6-15(5-13)10-21/h2-3,7,13-15H,4-6,8-11H2,1H3,(H,22,27)(H,23,24,25). The van der Waals surface area contributed by atoms with Gasteiger partial charge in [-0.1, -0.05) is 17.8 Å². The third-order valence-corrected chi connectivity index (χ3v) is 7.87. The van der Waals surface area contributed by atoms with Crippen LogP contribution in [0, 0.1) is 34.8 Å². The molecule has 4 fully saturated rings. The van der Waals surface area contributed by atoms with E-state index in [1.165, 1.54) is 56.4 Å². The predicted molar refractivity (Wildman–Crippen MR) is 113 cm³/mol. The fourth-order valence-electron chi connectivity index (χ4n) is 6.16. The molecule has 4 bridgehead atoms. The van der Waals surface area contributed by atoms with Crippen LogP contribution in [0.1, 0.15) is 49.9 Å². The fourth-order valence-corrected chi connectivity index (χ4v) is 6.76. The Morgan fingerprint density at radius 3 is 2.57 bits per heavy atom. The molecule has 1 aromatic heterocycles. The number of anilines is 1. The molecule has 0 saturated heterocycles. The van der Waals surface area contributed by atoms with Crippen molar-refractivity contribution in [3.05, 3.63) is 39.7 Å². The maximum absolute atomic E-state index is 12.3. The van der Waals surface area contributed by atoms with Crippen LogP contribution in [0.15, 0.2) is 23.4 Å². The number of nitrogens with one attached hydrogen (secondary N) is 2. The second kappa shape index (κ2) is 7.37. The van der Waals surface area contributed by atoms with Gasteiger partial charge in [-0.25, -0.2) is 4.98 Å². The number of aromatic amines is 1. The Morgan fingerprint density at radius 1 is 1.27 bits per heavy atom. The number of aromatic nitrogens is 3. The van der Waals surface area contributed by atoms with Crippen LogP contribution in [0.25, 0.3) is 0 Å². The molecule has 4 aliphatic rings. The van der Waals surface area contributed by atoms with E-state index in [4.69, 9.17) is 4.98 Å². The molecule has 1 amide bonds. The lowest BCUT2D eigenvalue weighted by atomic mass is 9.49. The summed E-state index contributed by atoms with van der Waals surface area (Å²) in [5.41, 5.74) is 1.13. The van der Waals surface area contributed by atoms with Gasteiger partial charge in [0.25, 0.3) is 5.69 Å². The van der Waals surface area contributed by atoms with E-state index in [1.807, 2.05) is 0 Å². The van der Waals surface area contributed by atoms with E-state index in [9.17, 15) is 14.9 Å². The molecule has 8 nitrogen and oxygen atoms in total. The van der Waals surface area contributed by atoms with E-state index in [2.05, 4.69) is 15.5 Å². The van der Waals surface area contributed by atoms with E-state index < -0.39 is 4.92 Å². The molecule has 0 aliphatic heterocycles. The molecule has 158 valence electrons.